The number of nitrogens with zero attached hydrogens (tertiary/aromatic N) is 2. The van der Waals surface area contributed by atoms with Crippen molar-refractivity contribution in [1.29, 1.82) is 0 Å². The molecule has 1 fully saturated rings. The summed E-state index contributed by atoms with van der Waals surface area (Å²) in [5.74, 6) is 0.711. The predicted octanol–water partition coefficient (Wildman–Crippen LogP) is 3.00. The van der Waals surface area contributed by atoms with Crippen LogP contribution >= 0.6 is 22.6 Å². The number of methoxy groups -OCH3 is 1. The Morgan fingerprint density at radius 3 is 2.94 bits per heavy atom. The van der Waals surface area contributed by atoms with Gasteiger partial charge in [-0.25, -0.2) is 4.98 Å². The maximum Gasteiger partial charge on any atom is 0.223 e. The molecule has 2 aromatic rings. The van der Waals surface area contributed by atoms with E-state index >= 15 is 0 Å². The van der Waals surface area contributed by atoms with Crippen LogP contribution in [0.3, 0.4) is 0 Å². The van der Waals surface area contributed by atoms with Gasteiger partial charge < -0.3 is 14.0 Å². The van der Waals surface area contributed by atoms with Crippen LogP contribution in [-0.2, 0) is 4.74 Å². The standard InChI is InChI=1S/C13H15IN2O2/c1-17-13-12-10(14)8-16(11(12)2-5-15-13)9-3-6-18-7-4-9/h2,5,8-9H,3-4,6-7H2,1H3. The highest BCUT2D eigenvalue weighted by atomic mass is 127. The SMILES string of the molecule is COc1nccc2c1c(I)cn2C1CCOCC1. The van der Waals surface area contributed by atoms with Gasteiger partial charge in [0.15, 0.2) is 0 Å². The van der Waals surface area contributed by atoms with Gasteiger partial charge in [-0.3, -0.25) is 0 Å². The van der Waals surface area contributed by atoms with E-state index in [0.717, 1.165) is 31.4 Å². The minimum Gasteiger partial charge on any atom is -0.480 e. The van der Waals surface area contributed by atoms with Crippen LogP contribution in [0, 0.1) is 3.57 Å². The van der Waals surface area contributed by atoms with Gasteiger partial charge in [-0.05, 0) is 41.5 Å². The summed E-state index contributed by atoms with van der Waals surface area (Å²) in [7, 11) is 1.67. The van der Waals surface area contributed by atoms with Crippen molar-refractivity contribution >= 4 is 33.5 Å². The van der Waals surface area contributed by atoms with Crippen LogP contribution in [0.2, 0.25) is 0 Å². The largest absolute Gasteiger partial charge is 0.480 e. The molecule has 18 heavy (non-hydrogen) atoms. The number of fused-ring (bicyclic) bond motifs is 1. The van der Waals surface area contributed by atoms with E-state index < -0.39 is 0 Å². The Hall–Kier alpha value is -0.820. The molecule has 96 valence electrons. The monoisotopic (exact) mass is 358 g/mol. The van der Waals surface area contributed by atoms with E-state index in [-0.39, 0.29) is 0 Å². The second-order valence-corrected chi connectivity index (χ2v) is 5.60. The molecule has 0 amide bonds. The normalized spacial score (nSPS) is 17.2. The third-order valence-corrected chi connectivity index (χ3v) is 4.26. The maximum absolute atomic E-state index is 5.43. The van der Waals surface area contributed by atoms with Crippen LogP contribution in [0.25, 0.3) is 10.9 Å². The molecule has 0 aliphatic carbocycles. The number of pyridine rings is 1. The summed E-state index contributed by atoms with van der Waals surface area (Å²) in [6.07, 6.45) is 6.16. The molecule has 1 aliphatic rings. The van der Waals surface area contributed by atoms with Gasteiger partial charge >= 0.3 is 0 Å². The molecule has 4 nitrogen and oxygen atoms in total. The number of rotatable bonds is 2. The predicted molar refractivity (Wildman–Crippen MR) is 78.1 cm³/mol. The second kappa shape index (κ2) is 5.05. The van der Waals surface area contributed by atoms with Gasteiger partial charge in [0.1, 0.15) is 0 Å². The fourth-order valence-corrected chi connectivity index (χ4v) is 3.36. The van der Waals surface area contributed by atoms with E-state index in [4.69, 9.17) is 9.47 Å². The summed E-state index contributed by atoms with van der Waals surface area (Å²) in [6.45, 7) is 1.70. The Labute approximate surface area is 119 Å². The Bertz CT molecular complexity index is 561. The van der Waals surface area contributed by atoms with Crippen LogP contribution in [0.1, 0.15) is 18.9 Å². The summed E-state index contributed by atoms with van der Waals surface area (Å²) in [5, 5.41) is 1.12. The summed E-state index contributed by atoms with van der Waals surface area (Å²) in [5.41, 5.74) is 1.21. The van der Waals surface area contributed by atoms with Crippen molar-refractivity contribution in [1.82, 2.24) is 9.55 Å². The highest BCUT2D eigenvalue weighted by Crippen LogP contribution is 2.34. The van der Waals surface area contributed by atoms with Crippen LogP contribution < -0.4 is 4.74 Å². The molecule has 0 saturated carbocycles. The van der Waals surface area contributed by atoms with Gasteiger partial charge in [0, 0.05) is 35.2 Å². The second-order valence-electron chi connectivity index (χ2n) is 4.44. The first-order chi connectivity index (χ1) is 8.81. The van der Waals surface area contributed by atoms with E-state index in [1.165, 1.54) is 9.09 Å². The van der Waals surface area contributed by atoms with Gasteiger partial charge in [-0.1, -0.05) is 0 Å². The Morgan fingerprint density at radius 2 is 2.22 bits per heavy atom. The van der Waals surface area contributed by atoms with Crippen LogP contribution in [-0.4, -0.2) is 29.9 Å². The van der Waals surface area contributed by atoms with Crippen LogP contribution in [0.4, 0.5) is 0 Å². The van der Waals surface area contributed by atoms with Crippen molar-refractivity contribution in [3.05, 3.63) is 22.0 Å². The highest BCUT2D eigenvalue weighted by molar-refractivity contribution is 14.1. The zero-order valence-corrected chi connectivity index (χ0v) is 12.4. The zero-order chi connectivity index (χ0) is 12.5. The minimum atomic E-state index is 0.525. The number of aromatic nitrogens is 2. The molecule has 0 atom stereocenters. The van der Waals surface area contributed by atoms with E-state index in [0.29, 0.717) is 11.9 Å². The van der Waals surface area contributed by atoms with Crippen LogP contribution in [0.15, 0.2) is 18.5 Å². The zero-order valence-electron chi connectivity index (χ0n) is 10.2. The average Bonchev–Trinajstić information content (AvgIpc) is 2.77. The molecule has 3 rings (SSSR count). The number of hydrogen-bond donors (Lipinski definition) is 0. The topological polar surface area (TPSA) is 36.3 Å². The minimum absolute atomic E-state index is 0.525. The third-order valence-electron chi connectivity index (χ3n) is 3.44. The Balaban J connectivity index is 2.12. The van der Waals surface area contributed by atoms with Gasteiger partial charge in [0.2, 0.25) is 5.88 Å². The first-order valence-electron chi connectivity index (χ1n) is 6.08. The first kappa shape index (κ1) is 12.2. The van der Waals surface area contributed by atoms with E-state index in [1.54, 1.807) is 7.11 Å². The van der Waals surface area contributed by atoms with Gasteiger partial charge in [-0.2, -0.15) is 0 Å². The van der Waals surface area contributed by atoms with Crippen molar-refractivity contribution in [2.24, 2.45) is 0 Å². The molecule has 3 heterocycles. The first-order valence-corrected chi connectivity index (χ1v) is 7.16. The van der Waals surface area contributed by atoms with E-state index in [2.05, 4.69) is 44.4 Å². The van der Waals surface area contributed by atoms with E-state index in [1.807, 2.05) is 6.20 Å². The van der Waals surface area contributed by atoms with Crippen molar-refractivity contribution in [2.45, 2.75) is 18.9 Å². The molecular weight excluding hydrogens is 343 g/mol. The van der Waals surface area contributed by atoms with Gasteiger partial charge in [0.05, 0.1) is 18.0 Å². The van der Waals surface area contributed by atoms with Gasteiger partial charge in [0.25, 0.3) is 0 Å². The lowest BCUT2D eigenvalue weighted by Gasteiger charge is -2.24. The summed E-state index contributed by atoms with van der Waals surface area (Å²) in [6, 6.07) is 2.59. The molecule has 0 bridgehead atoms. The molecule has 0 radical (unpaired) electrons. The summed E-state index contributed by atoms with van der Waals surface area (Å²) >= 11 is 2.35. The lowest BCUT2D eigenvalue weighted by molar-refractivity contribution is 0.0707. The van der Waals surface area contributed by atoms with Crippen molar-refractivity contribution in [3.8, 4) is 5.88 Å². The van der Waals surface area contributed by atoms with Crippen molar-refractivity contribution in [3.63, 3.8) is 0 Å². The molecule has 1 aliphatic heterocycles. The van der Waals surface area contributed by atoms with Gasteiger partial charge in [-0.15, -0.1) is 0 Å². The third kappa shape index (κ3) is 1.99. The molecule has 0 unspecified atom stereocenters. The molecule has 0 N–H and O–H groups in total. The fourth-order valence-electron chi connectivity index (χ4n) is 2.55. The molecule has 0 aromatic carbocycles. The smallest absolute Gasteiger partial charge is 0.223 e. The van der Waals surface area contributed by atoms with Crippen molar-refractivity contribution < 1.29 is 9.47 Å². The van der Waals surface area contributed by atoms with Crippen LogP contribution in [0.5, 0.6) is 5.88 Å². The number of ether oxygens (including phenoxy) is 2. The molecule has 1 saturated heterocycles. The molecular formula is C13H15IN2O2. The lowest BCUT2D eigenvalue weighted by atomic mass is 10.1. The molecule has 0 spiro atoms. The summed E-state index contributed by atoms with van der Waals surface area (Å²) in [4.78, 5) is 4.28. The average molecular weight is 358 g/mol. The Kier molecular flexibility index (Phi) is 3.43. The fraction of sp³-hybridized carbons (Fsp3) is 0.462. The lowest BCUT2D eigenvalue weighted by Crippen LogP contribution is -2.18. The maximum atomic E-state index is 5.43. The summed E-state index contributed by atoms with van der Waals surface area (Å²) < 4.78 is 14.3. The number of halogens is 1. The molecule has 5 heteroatoms. The number of hydrogen-bond acceptors (Lipinski definition) is 3. The highest BCUT2D eigenvalue weighted by Gasteiger charge is 2.20. The van der Waals surface area contributed by atoms with Crippen molar-refractivity contribution in [2.75, 3.05) is 20.3 Å². The quantitative estimate of drug-likeness (QED) is 0.775. The van der Waals surface area contributed by atoms with E-state index in [9.17, 15) is 0 Å². The molecule has 2 aromatic heterocycles. The Morgan fingerprint density at radius 1 is 1.44 bits per heavy atom.